The molecule has 9 nitrogen and oxygen atoms in total. The van der Waals surface area contributed by atoms with Crippen LogP contribution in [0.3, 0.4) is 0 Å². The Morgan fingerprint density at radius 2 is 1.76 bits per heavy atom. The summed E-state index contributed by atoms with van der Waals surface area (Å²) in [5.74, 6) is -1.05. The van der Waals surface area contributed by atoms with E-state index in [4.69, 9.17) is 9.84 Å². The maximum Gasteiger partial charge on any atom is 0.311 e. The van der Waals surface area contributed by atoms with E-state index in [1.165, 1.54) is 0 Å². The van der Waals surface area contributed by atoms with Gasteiger partial charge in [-0.25, -0.2) is 0 Å². The van der Waals surface area contributed by atoms with Gasteiger partial charge in [0.1, 0.15) is 11.4 Å². The molecule has 2 N–H and O–H groups in total. The van der Waals surface area contributed by atoms with Crippen molar-refractivity contribution in [2.45, 2.75) is 39.5 Å². The van der Waals surface area contributed by atoms with Crippen LogP contribution in [0.1, 0.15) is 47.3 Å². The smallest absolute Gasteiger partial charge is 0.311 e. The number of ether oxygens (including phenoxy) is 1. The maximum absolute atomic E-state index is 13.1. The van der Waals surface area contributed by atoms with Crippen LogP contribution < -0.4 is 10.1 Å². The summed E-state index contributed by atoms with van der Waals surface area (Å²) in [4.78, 5) is 42.7. The number of aliphatic carboxylic acids is 1. The van der Waals surface area contributed by atoms with Crippen LogP contribution in [-0.4, -0.2) is 64.6 Å². The van der Waals surface area contributed by atoms with Crippen molar-refractivity contribution in [2.75, 3.05) is 27.2 Å². The molecule has 4 rings (SSSR count). The van der Waals surface area contributed by atoms with Crippen molar-refractivity contribution in [1.29, 1.82) is 0 Å². The minimum absolute atomic E-state index is 0.0341. The summed E-state index contributed by atoms with van der Waals surface area (Å²) in [6, 6.07) is 7.51. The van der Waals surface area contributed by atoms with Crippen LogP contribution in [0, 0.1) is 13.8 Å². The van der Waals surface area contributed by atoms with Gasteiger partial charge in [0.25, 0.3) is 5.91 Å². The molecule has 1 amide bonds. The van der Waals surface area contributed by atoms with Gasteiger partial charge in [0.2, 0.25) is 0 Å². The molecule has 0 fully saturated rings. The molecule has 38 heavy (non-hydrogen) atoms. The standard InChI is InChI=1S/C29H34N4O5/c1-17-20-12-13-30-27(29(37)31-14-15-32(3)4)25(20)18(2)26-21-16-19(10-11-22(21)33(5)28(17)26)38-24(36)9-7-6-8-23(34)35/h10-13,16H,6-9,14-15H2,1-5H3,(H,31,37)(H,34,35). The van der Waals surface area contributed by atoms with Crippen LogP contribution in [0.15, 0.2) is 30.5 Å². The zero-order valence-corrected chi connectivity index (χ0v) is 22.6. The summed E-state index contributed by atoms with van der Waals surface area (Å²) in [5.41, 5.74) is 4.40. The Balaban J connectivity index is 1.76. The van der Waals surface area contributed by atoms with Gasteiger partial charge < -0.3 is 24.6 Å². The number of nitrogens with one attached hydrogen (secondary N) is 1. The Hall–Kier alpha value is -3.98. The monoisotopic (exact) mass is 518 g/mol. The highest BCUT2D eigenvalue weighted by molar-refractivity contribution is 6.20. The Labute approximate surface area is 221 Å². The number of amides is 1. The van der Waals surface area contributed by atoms with Gasteiger partial charge in [-0.15, -0.1) is 0 Å². The fourth-order valence-corrected chi connectivity index (χ4v) is 5.09. The number of aryl methyl sites for hydroxylation is 3. The fraction of sp³-hybridized carbons (Fsp3) is 0.379. The second kappa shape index (κ2) is 11.2. The van der Waals surface area contributed by atoms with E-state index in [-0.39, 0.29) is 18.7 Å². The second-order valence-corrected chi connectivity index (χ2v) is 9.93. The molecule has 0 saturated heterocycles. The number of esters is 1. The van der Waals surface area contributed by atoms with Crippen molar-refractivity contribution >= 4 is 50.4 Å². The highest BCUT2D eigenvalue weighted by Crippen LogP contribution is 2.40. The summed E-state index contributed by atoms with van der Waals surface area (Å²) in [6.07, 6.45) is 2.75. The fourth-order valence-electron chi connectivity index (χ4n) is 5.09. The molecular formula is C29H34N4O5. The lowest BCUT2D eigenvalue weighted by Crippen LogP contribution is -2.32. The Kier molecular flexibility index (Phi) is 7.97. The molecule has 0 atom stereocenters. The highest BCUT2D eigenvalue weighted by Gasteiger charge is 2.22. The lowest BCUT2D eigenvalue weighted by molar-refractivity contribution is -0.138. The van der Waals surface area contributed by atoms with E-state index in [9.17, 15) is 14.4 Å². The van der Waals surface area contributed by atoms with Gasteiger partial charge in [0, 0.05) is 60.9 Å². The van der Waals surface area contributed by atoms with E-state index in [1.807, 2.05) is 51.2 Å². The zero-order valence-electron chi connectivity index (χ0n) is 22.6. The molecule has 4 aromatic rings. The Bertz CT molecular complexity index is 1550. The average Bonchev–Trinajstić information content (AvgIpc) is 3.16. The van der Waals surface area contributed by atoms with Gasteiger partial charge in [-0.1, -0.05) is 0 Å². The first-order chi connectivity index (χ1) is 18.1. The summed E-state index contributed by atoms with van der Waals surface area (Å²) in [5, 5.41) is 15.4. The van der Waals surface area contributed by atoms with E-state index in [0.717, 1.165) is 50.2 Å². The third kappa shape index (κ3) is 5.33. The predicted octanol–water partition coefficient (Wildman–Crippen LogP) is 4.34. The maximum atomic E-state index is 13.1. The molecule has 0 spiro atoms. The van der Waals surface area contributed by atoms with Crippen LogP contribution in [0.5, 0.6) is 5.75 Å². The number of pyridine rings is 1. The molecule has 9 heteroatoms. The van der Waals surface area contributed by atoms with Crippen LogP contribution in [0.2, 0.25) is 0 Å². The first-order valence-electron chi connectivity index (χ1n) is 12.8. The number of likely N-dealkylation sites (N-methyl/N-ethyl adjacent to an activating group) is 1. The largest absolute Gasteiger partial charge is 0.481 e. The van der Waals surface area contributed by atoms with Crippen LogP contribution in [-0.2, 0) is 16.6 Å². The molecular weight excluding hydrogens is 484 g/mol. The van der Waals surface area contributed by atoms with E-state index in [0.29, 0.717) is 30.8 Å². The molecule has 2 aromatic carbocycles. The SMILES string of the molecule is Cc1c2c(C(=O)NCCN(C)C)nccc2c(C)c2c1c1cc(OC(=O)CCCCC(=O)O)ccc1n2C. The second-order valence-electron chi connectivity index (χ2n) is 9.93. The van der Waals surface area contributed by atoms with Crippen LogP contribution in [0.25, 0.3) is 32.6 Å². The molecule has 0 aliphatic heterocycles. The third-order valence-corrected chi connectivity index (χ3v) is 6.94. The minimum atomic E-state index is -0.873. The van der Waals surface area contributed by atoms with E-state index in [1.54, 1.807) is 12.3 Å². The quantitative estimate of drug-likeness (QED) is 0.182. The number of hydrogen-bond donors (Lipinski definition) is 2. The Morgan fingerprint density at radius 3 is 2.47 bits per heavy atom. The number of hydrogen-bond acceptors (Lipinski definition) is 6. The predicted molar refractivity (Wildman–Crippen MR) is 148 cm³/mol. The molecule has 0 saturated carbocycles. The molecule has 0 radical (unpaired) electrons. The van der Waals surface area contributed by atoms with Gasteiger partial charge in [0.05, 0.1) is 5.52 Å². The van der Waals surface area contributed by atoms with Crippen molar-refractivity contribution in [3.8, 4) is 5.75 Å². The lowest BCUT2D eigenvalue weighted by atomic mass is 9.94. The van der Waals surface area contributed by atoms with Crippen molar-refractivity contribution in [3.05, 3.63) is 47.3 Å². The van der Waals surface area contributed by atoms with Gasteiger partial charge in [0.15, 0.2) is 0 Å². The number of unbranched alkanes of at least 4 members (excludes halogenated alkanes) is 1. The topological polar surface area (TPSA) is 114 Å². The number of carboxylic acid groups (broad SMARTS) is 1. The molecule has 200 valence electrons. The number of fused-ring (bicyclic) bond motifs is 4. The number of carboxylic acids is 1. The minimum Gasteiger partial charge on any atom is -0.481 e. The van der Waals surface area contributed by atoms with E-state index >= 15 is 0 Å². The molecule has 0 unspecified atom stereocenters. The lowest BCUT2D eigenvalue weighted by Gasteiger charge is -2.15. The number of aromatic nitrogens is 2. The highest BCUT2D eigenvalue weighted by atomic mass is 16.5. The van der Waals surface area contributed by atoms with Gasteiger partial charge >= 0.3 is 11.9 Å². The average molecular weight is 519 g/mol. The van der Waals surface area contributed by atoms with Crippen molar-refractivity contribution < 1.29 is 24.2 Å². The number of benzene rings is 2. The normalized spacial score (nSPS) is 11.5. The zero-order chi connectivity index (χ0) is 27.6. The molecule has 2 aromatic heterocycles. The summed E-state index contributed by atoms with van der Waals surface area (Å²) >= 11 is 0. The number of carbonyl (C=O) groups is 3. The summed E-state index contributed by atoms with van der Waals surface area (Å²) in [6.45, 7) is 5.30. The van der Waals surface area contributed by atoms with Crippen molar-refractivity contribution in [1.82, 2.24) is 19.8 Å². The van der Waals surface area contributed by atoms with Crippen LogP contribution in [0.4, 0.5) is 0 Å². The van der Waals surface area contributed by atoms with E-state index in [2.05, 4.69) is 21.8 Å². The summed E-state index contributed by atoms with van der Waals surface area (Å²) < 4.78 is 7.72. The Morgan fingerprint density at radius 1 is 1.03 bits per heavy atom. The first kappa shape index (κ1) is 27.1. The van der Waals surface area contributed by atoms with Gasteiger partial charge in [-0.2, -0.15) is 0 Å². The first-order valence-corrected chi connectivity index (χ1v) is 12.8. The molecule has 0 aliphatic carbocycles. The van der Waals surface area contributed by atoms with Crippen molar-refractivity contribution in [2.24, 2.45) is 7.05 Å². The summed E-state index contributed by atoms with van der Waals surface area (Å²) in [7, 11) is 5.92. The molecule has 0 aliphatic rings. The molecule has 0 bridgehead atoms. The number of nitrogens with zero attached hydrogens (tertiary/aromatic N) is 3. The van der Waals surface area contributed by atoms with Gasteiger partial charge in [-0.05, 0) is 81.6 Å². The number of rotatable bonds is 10. The number of carbonyl (C=O) groups excluding carboxylic acids is 2. The van der Waals surface area contributed by atoms with Crippen molar-refractivity contribution in [3.63, 3.8) is 0 Å². The molecule has 2 heterocycles. The van der Waals surface area contributed by atoms with Crippen LogP contribution >= 0.6 is 0 Å². The van der Waals surface area contributed by atoms with E-state index < -0.39 is 11.9 Å². The third-order valence-electron chi connectivity index (χ3n) is 6.94. The van der Waals surface area contributed by atoms with Gasteiger partial charge in [-0.3, -0.25) is 19.4 Å².